The molecular weight excluding hydrogens is 316 g/mol. The highest BCUT2D eigenvalue weighted by Gasteiger charge is 2.12. The number of aromatic hydroxyl groups is 1. The first-order valence-corrected chi connectivity index (χ1v) is 7.47. The number of rotatable bonds is 4. The van der Waals surface area contributed by atoms with Crippen molar-refractivity contribution < 1.29 is 14.7 Å². The van der Waals surface area contributed by atoms with Gasteiger partial charge < -0.3 is 5.11 Å². The fourth-order valence-electron chi connectivity index (χ4n) is 2.07. The van der Waals surface area contributed by atoms with Crippen LogP contribution in [-0.2, 0) is 11.2 Å². The highest BCUT2D eigenvalue weighted by molar-refractivity contribution is 6.31. The Kier molecular flexibility index (Phi) is 5.60. The Bertz CT molecular complexity index is 732. The summed E-state index contributed by atoms with van der Waals surface area (Å²) >= 11 is 5.78. The van der Waals surface area contributed by atoms with Crippen LogP contribution in [0.25, 0.3) is 0 Å². The van der Waals surface area contributed by atoms with Gasteiger partial charge in [0.25, 0.3) is 5.91 Å². The Labute approximate surface area is 139 Å². The van der Waals surface area contributed by atoms with E-state index in [-0.39, 0.29) is 23.6 Å². The second kappa shape index (κ2) is 7.65. The fraction of sp³-hybridized carbons (Fsp3) is 0.176. The van der Waals surface area contributed by atoms with Gasteiger partial charge in [0.1, 0.15) is 5.75 Å². The Morgan fingerprint density at radius 1 is 1.13 bits per heavy atom. The minimum absolute atomic E-state index is 0.00326. The van der Waals surface area contributed by atoms with Crippen LogP contribution in [0.3, 0.4) is 0 Å². The highest BCUT2D eigenvalue weighted by Crippen LogP contribution is 2.20. The van der Waals surface area contributed by atoms with Crippen molar-refractivity contribution in [2.24, 2.45) is 0 Å². The topological polar surface area (TPSA) is 78.4 Å². The lowest BCUT2D eigenvalue weighted by Crippen LogP contribution is -2.41. The number of carbonyl (C=O) groups is 2. The predicted molar refractivity (Wildman–Crippen MR) is 88.2 cm³/mol. The molecule has 0 spiro atoms. The smallest absolute Gasteiger partial charge is 0.273 e. The summed E-state index contributed by atoms with van der Waals surface area (Å²) in [4.78, 5) is 23.7. The molecule has 0 aliphatic heterocycles. The summed E-state index contributed by atoms with van der Waals surface area (Å²) in [6.07, 6.45) is 0.817. The van der Waals surface area contributed by atoms with Crippen LogP contribution in [0, 0.1) is 6.92 Å². The molecule has 120 valence electrons. The van der Waals surface area contributed by atoms with Crippen molar-refractivity contribution in [2.75, 3.05) is 0 Å². The van der Waals surface area contributed by atoms with Crippen LogP contribution in [0.1, 0.15) is 27.9 Å². The number of hydrazine groups is 1. The number of hydrogen-bond acceptors (Lipinski definition) is 3. The highest BCUT2D eigenvalue weighted by atomic mass is 35.5. The van der Waals surface area contributed by atoms with Gasteiger partial charge in [0, 0.05) is 11.4 Å². The van der Waals surface area contributed by atoms with E-state index in [1.807, 2.05) is 31.2 Å². The Morgan fingerprint density at radius 3 is 2.65 bits per heavy atom. The first-order valence-electron chi connectivity index (χ1n) is 7.09. The molecule has 2 rings (SSSR count). The van der Waals surface area contributed by atoms with Gasteiger partial charge in [-0.1, -0.05) is 41.4 Å². The Hall–Kier alpha value is -2.53. The Balaban J connectivity index is 1.84. The van der Waals surface area contributed by atoms with Crippen molar-refractivity contribution in [3.8, 4) is 5.75 Å². The molecule has 0 saturated carbocycles. The summed E-state index contributed by atoms with van der Waals surface area (Å²) in [5.74, 6) is -1.16. The van der Waals surface area contributed by atoms with Gasteiger partial charge >= 0.3 is 0 Å². The van der Waals surface area contributed by atoms with E-state index in [1.165, 1.54) is 18.2 Å². The number of hydrogen-bond donors (Lipinski definition) is 3. The van der Waals surface area contributed by atoms with Crippen LogP contribution in [0.2, 0.25) is 5.02 Å². The maximum atomic E-state index is 11.9. The zero-order chi connectivity index (χ0) is 16.8. The molecule has 2 aromatic carbocycles. The molecule has 0 heterocycles. The average Bonchev–Trinajstić information content (AvgIpc) is 2.53. The first-order chi connectivity index (χ1) is 11.0. The molecule has 0 aromatic heterocycles. The number of carbonyl (C=O) groups excluding carboxylic acids is 2. The molecule has 0 bridgehead atoms. The molecule has 3 N–H and O–H groups in total. The van der Waals surface area contributed by atoms with E-state index in [0.717, 1.165) is 11.1 Å². The molecule has 6 heteroatoms. The number of phenolic OH excluding ortho intramolecular Hbond substituents is 1. The zero-order valence-corrected chi connectivity index (χ0v) is 13.4. The van der Waals surface area contributed by atoms with Gasteiger partial charge in [-0.15, -0.1) is 0 Å². The van der Waals surface area contributed by atoms with Crippen molar-refractivity contribution in [3.63, 3.8) is 0 Å². The molecule has 0 unspecified atom stereocenters. The molecule has 0 aliphatic carbocycles. The molecule has 0 radical (unpaired) electrons. The zero-order valence-electron chi connectivity index (χ0n) is 12.6. The maximum absolute atomic E-state index is 11.9. The quantitative estimate of drug-likeness (QED) is 0.753. The van der Waals surface area contributed by atoms with Crippen LogP contribution >= 0.6 is 11.6 Å². The second-order valence-corrected chi connectivity index (χ2v) is 5.59. The van der Waals surface area contributed by atoms with Gasteiger partial charge in [0.2, 0.25) is 5.91 Å². The largest absolute Gasteiger partial charge is 0.507 e. The van der Waals surface area contributed by atoms with E-state index in [4.69, 9.17) is 11.6 Å². The van der Waals surface area contributed by atoms with E-state index >= 15 is 0 Å². The summed E-state index contributed by atoms with van der Waals surface area (Å²) in [5.41, 5.74) is 6.76. The summed E-state index contributed by atoms with van der Waals surface area (Å²) in [6, 6.07) is 12.0. The van der Waals surface area contributed by atoms with E-state index < -0.39 is 5.91 Å². The van der Waals surface area contributed by atoms with Crippen LogP contribution in [0.5, 0.6) is 5.75 Å². The van der Waals surface area contributed by atoms with E-state index in [1.54, 1.807) is 0 Å². The van der Waals surface area contributed by atoms with Gasteiger partial charge in [-0.3, -0.25) is 20.4 Å². The number of nitrogens with one attached hydrogen (secondary N) is 2. The van der Waals surface area contributed by atoms with Crippen LogP contribution in [0.15, 0.2) is 42.5 Å². The Morgan fingerprint density at radius 2 is 1.91 bits per heavy atom. The van der Waals surface area contributed by atoms with E-state index in [9.17, 15) is 14.7 Å². The molecular formula is C17H17ClN2O3. The second-order valence-electron chi connectivity index (χ2n) is 5.15. The SMILES string of the molecule is Cc1cccc(CCC(=O)NNC(=O)c2cc(Cl)ccc2O)c1. The number of aryl methyl sites for hydroxylation is 2. The van der Waals surface area contributed by atoms with Gasteiger partial charge in [0.15, 0.2) is 0 Å². The number of phenols is 1. The van der Waals surface area contributed by atoms with Crippen molar-refractivity contribution in [1.29, 1.82) is 0 Å². The molecule has 0 aliphatic rings. The van der Waals surface area contributed by atoms with E-state index in [0.29, 0.717) is 11.4 Å². The van der Waals surface area contributed by atoms with Crippen molar-refractivity contribution >= 4 is 23.4 Å². The molecule has 0 fully saturated rings. The molecule has 2 amide bonds. The van der Waals surface area contributed by atoms with Gasteiger partial charge in [-0.25, -0.2) is 0 Å². The predicted octanol–water partition coefficient (Wildman–Crippen LogP) is 2.75. The van der Waals surface area contributed by atoms with Crippen LogP contribution in [-0.4, -0.2) is 16.9 Å². The first kappa shape index (κ1) is 16.8. The third-order valence-corrected chi connectivity index (χ3v) is 3.48. The summed E-state index contributed by atoms with van der Waals surface area (Å²) in [6.45, 7) is 1.99. The lowest BCUT2D eigenvalue weighted by atomic mass is 10.1. The maximum Gasteiger partial charge on any atom is 0.273 e. The van der Waals surface area contributed by atoms with Gasteiger partial charge in [-0.05, 0) is 37.1 Å². The molecule has 2 aromatic rings. The molecule has 0 atom stereocenters. The van der Waals surface area contributed by atoms with Crippen LogP contribution < -0.4 is 10.9 Å². The van der Waals surface area contributed by atoms with Gasteiger partial charge in [-0.2, -0.15) is 0 Å². The average molecular weight is 333 g/mol. The third kappa shape index (κ3) is 5.00. The third-order valence-electron chi connectivity index (χ3n) is 3.24. The monoisotopic (exact) mass is 332 g/mol. The van der Waals surface area contributed by atoms with Crippen molar-refractivity contribution in [1.82, 2.24) is 10.9 Å². The standard InChI is InChI=1S/C17H17ClN2O3/c1-11-3-2-4-12(9-11)5-8-16(22)19-20-17(23)14-10-13(18)6-7-15(14)21/h2-4,6-7,9-10,21H,5,8H2,1H3,(H,19,22)(H,20,23). The van der Waals surface area contributed by atoms with Crippen molar-refractivity contribution in [2.45, 2.75) is 19.8 Å². The number of amides is 2. The fourth-order valence-corrected chi connectivity index (χ4v) is 2.24. The number of halogens is 1. The van der Waals surface area contributed by atoms with E-state index in [2.05, 4.69) is 10.9 Å². The normalized spacial score (nSPS) is 10.2. The van der Waals surface area contributed by atoms with Crippen molar-refractivity contribution in [3.05, 3.63) is 64.2 Å². The minimum Gasteiger partial charge on any atom is -0.507 e. The molecule has 23 heavy (non-hydrogen) atoms. The lowest BCUT2D eigenvalue weighted by Gasteiger charge is -2.09. The number of benzene rings is 2. The molecule has 0 saturated heterocycles. The minimum atomic E-state index is -0.631. The summed E-state index contributed by atoms with van der Waals surface area (Å²) in [7, 11) is 0. The lowest BCUT2D eigenvalue weighted by molar-refractivity contribution is -0.121. The molecule has 5 nitrogen and oxygen atoms in total. The summed E-state index contributed by atoms with van der Waals surface area (Å²) < 4.78 is 0. The summed E-state index contributed by atoms with van der Waals surface area (Å²) in [5, 5.41) is 9.93. The van der Waals surface area contributed by atoms with Crippen LogP contribution in [0.4, 0.5) is 0 Å². The van der Waals surface area contributed by atoms with Gasteiger partial charge in [0.05, 0.1) is 5.56 Å².